The number of benzene rings is 1. The molecule has 0 fully saturated rings. The number of hydrogen-bond acceptors (Lipinski definition) is 10. The molecule has 240 valence electrons. The van der Waals surface area contributed by atoms with Crippen LogP contribution >= 0.6 is 0 Å². The van der Waals surface area contributed by atoms with Crippen LogP contribution in [0.5, 0.6) is 0 Å². The maximum Gasteiger partial charge on any atom is 0.326 e. The highest BCUT2D eigenvalue weighted by Crippen LogP contribution is 2.06. The molecule has 0 saturated heterocycles. The largest absolute Gasteiger partial charge is 0.480 e. The smallest absolute Gasteiger partial charge is 0.326 e. The van der Waals surface area contributed by atoms with E-state index >= 15 is 0 Å². The Morgan fingerprint density at radius 2 is 1.28 bits per heavy atom. The molecule has 1 aromatic carbocycles. The number of carboxylic acids is 1. The molecule has 16 nitrogen and oxygen atoms in total. The van der Waals surface area contributed by atoms with Crippen LogP contribution in [0.1, 0.15) is 45.1 Å². The van der Waals surface area contributed by atoms with Crippen LogP contribution in [0.2, 0.25) is 0 Å². The van der Waals surface area contributed by atoms with Crippen molar-refractivity contribution in [3.63, 3.8) is 0 Å². The summed E-state index contributed by atoms with van der Waals surface area (Å²) >= 11 is 0. The van der Waals surface area contributed by atoms with Gasteiger partial charge in [-0.25, -0.2) is 4.79 Å². The third kappa shape index (κ3) is 13.2. The number of primary amides is 1. The summed E-state index contributed by atoms with van der Waals surface area (Å²) in [5.41, 5.74) is 17.4. The minimum absolute atomic E-state index is 0.0422. The number of aliphatic hydroxyl groups is 2. The average Bonchev–Trinajstić information content (AvgIpc) is 2.93. The molecule has 0 aromatic heterocycles. The van der Waals surface area contributed by atoms with E-state index in [2.05, 4.69) is 21.3 Å². The summed E-state index contributed by atoms with van der Waals surface area (Å²) in [6.45, 7) is 2.68. The third-order valence-corrected chi connectivity index (χ3v) is 6.36. The van der Waals surface area contributed by atoms with Crippen molar-refractivity contribution in [3.8, 4) is 0 Å². The number of carbonyl (C=O) groups excluding carboxylic acids is 5. The van der Waals surface area contributed by atoms with Gasteiger partial charge in [-0.15, -0.1) is 0 Å². The topological polar surface area (TPSA) is 289 Å². The molecule has 13 N–H and O–H groups in total. The number of hydrogen-bond donors (Lipinski definition) is 10. The van der Waals surface area contributed by atoms with Crippen LogP contribution in [0.25, 0.3) is 0 Å². The molecule has 1 rings (SSSR count). The Balaban J connectivity index is 3.01. The zero-order chi connectivity index (χ0) is 32.7. The van der Waals surface area contributed by atoms with Gasteiger partial charge in [0.25, 0.3) is 0 Å². The Bertz CT molecular complexity index is 1100. The van der Waals surface area contributed by atoms with Crippen molar-refractivity contribution in [1.82, 2.24) is 21.3 Å². The molecule has 0 saturated carbocycles. The van der Waals surface area contributed by atoms with Gasteiger partial charge in [0.05, 0.1) is 24.7 Å². The Labute approximate surface area is 249 Å². The molecule has 0 bridgehead atoms. The first-order chi connectivity index (χ1) is 20.2. The molecule has 1 aromatic rings. The quantitative estimate of drug-likeness (QED) is 0.0682. The zero-order valence-corrected chi connectivity index (χ0v) is 24.2. The number of carboxylic acid groups (broad SMARTS) is 1. The Hall–Kier alpha value is -4.12. The Kier molecular flexibility index (Phi) is 15.8. The lowest BCUT2D eigenvalue weighted by atomic mass is 10.0. The van der Waals surface area contributed by atoms with E-state index in [1.54, 1.807) is 30.3 Å². The predicted octanol–water partition coefficient (Wildman–Crippen LogP) is -3.65. The van der Waals surface area contributed by atoms with Gasteiger partial charge in [0, 0.05) is 0 Å². The molecule has 16 heteroatoms. The summed E-state index contributed by atoms with van der Waals surface area (Å²) in [6, 6.07) is 1.42. The van der Waals surface area contributed by atoms with E-state index in [4.69, 9.17) is 17.2 Å². The van der Waals surface area contributed by atoms with Crippen LogP contribution < -0.4 is 38.5 Å². The molecule has 0 aliphatic heterocycles. The van der Waals surface area contributed by atoms with Crippen molar-refractivity contribution in [2.75, 3.05) is 6.54 Å². The molecular formula is C27H43N7O9. The predicted molar refractivity (Wildman–Crippen MR) is 154 cm³/mol. The molecule has 0 spiro atoms. The molecule has 0 unspecified atom stereocenters. The van der Waals surface area contributed by atoms with Crippen molar-refractivity contribution >= 4 is 35.5 Å². The van der Waals surface area contributed by atoms with E-state index in [9.17, 15) is 44.1 Å². The maximum atomic E-state index is 13.1. The lowest BCUT2D eigenvalue weighted by molar-refractivity contribution is -0.143. The summed E-state index contributed by atoms with van der Waals surface area (Å²) in [6.07, 6.45) is -2.66. The van der Waals surface area contributed by atoms with Gasteiger partial charge in [0.15, 0.2) is 0 Å². The van der Waals surface area contributed by atoms with Crippen LogP contribution in [0.15, 0.2) is 30.3 Å². The number of carbonyl (C=O) groups is 6. The van der Waals surface area contributed by atoms with Gasteiger partial charge in [-0.2, -0.15) is 0 Å². The number of rotatable bonds is 19. The minimum Gasteiger partial charge on any atom is -0.480 e. The fourth-order valence-corrected chi connectivity index (χ4v) is 3.97. The van der Waals surface area contributed by atoms with Crippen molar-refractivity contribution in [3.05, 3.63) is 35.9 Å². The first-order valence-electron chi connectivity index (χ1n) is 13.8. The average molecular weight is 610 g/mol. The minimum atomic E-state index is -1.70. The lowest BCUT2D eigenvalue weighted by Gasteiger charge is -2.27. The van der Waals surface area contributed by atoms with E-state index in [1.807, 2.05) is 0 Å². The molecule has 0 aliphatic carbocycles. The third-order valence-electron chi connectivity index (χ3n) is 6.36. The van der Waals surface area contributed by atoms with E-state index in [0.29, 0.717) is 19.4 Å². The Morgan fingerprint density at radius 1 is 0.767 bits per heavy atom. The first-order valence-corrected chi connectivity index (χ1v) is 13.8. The summed E-state index contributed by atoms with van der Waals surface area (Å²) in [5.74, 6) is -6.36. The van der Waals surface area contributed by atoms with Gasteiger partial charge in [-0.05, 0) is 51.6 Å². The summed E-state index contributed by atoms with van der Waals surface area (Å²) in [4.78, 5) is 74.8. The van der Waals surface area contributed by atoms with Crippen LogP contribution in [-0.2, 0) is 35.2 Å². The second-order valence-corrected chi connectivity index (χ2v) is 10.2. The molecular weight excluding hydrogens is 566 g/mol. The number of aliphatic carboxylic acids is 1. The van der Waals surface area contributed by atoms with Crippen molar-refractivity contribution in [2.24, 2.45) is 17.2 Å². The van der Waals surface area contributed by atoms with Gasteiger partial charge in [0.1, 0.15) is 24.2 Å². The molecule has 43 heavy (non-hydrogen) atoms. The molecule has 5 amide bonds. The molecule has 0 aliphatic rings. The lowest BCUT2D eigenvalue weighted by Crippen LogP contribution is -2.62. The molecule has 0 heterocycles. The summed E-state index contributed by atoms with van der Waals surface area (Å²) < 4.78 is 0. The molecule has 7 atom stereocenters. The van der Waals surface area contributed by atoms with Crippen molar-refractivity contribution < 1.29 is 44.1 Å². The fourth-order valence-electron chi connectivity index (χ4n) is 3.97. The van der Waals surface area contributed by atoms with Crippen molar-refractivity contribution in [1.29, 1.82) is 0 Å². The van der Waals surface area contributed by atoms with Crippen LogP contribution in [0.4, 0.5) is 0 Å². The van der Waals surface area contributed by atoms with Crippen molar-refractivity contribution in [2.45, 2.75) is 88.4 Å². The van der Waals surface area contributed by atoms with Gasteiger partial charge >= 0.3 is 5.97 Å². The second-order valence-electron chi connectivity index (χ2n) is 10.2. The normalized spacial score (nSPS) is 15.9. The number of aliphatic hydroxyl groups excluding tert-OH is 2. The van der Waals surface area contributed by atoms with Crippen LogP contribution in [0.3, 0.4) is 0 Å². The van der Waals surface area contributed by atoms with Gasteiger partial charge in [-0.1, -0.05) is 30.3 Å². The second kappa shape index (κ2) is 18.4. The SMILES string of the molecule is C[C@@H](O)[C@H](NC(=O)[C@H](CC(N)=O)NC(=O)[C@@H](NC(=O)[C@@H](N)Cc1ccccc1)[C@@H](C)O)C(=O)N[C@@H](CCCCN)C(=O)O. The highest BCUT2D eigenvalue weighted by Gasteiger charge is 2.35. The summed E-state index contributed by atoms with van der Waals surface area (Å²) in [5, 5.41) is 38.7. The highest BCUT2D eigenvalue weighted by atomic mass is 16.4. The van der Waals surface area contributed by atoms with Gasteiger partial charge in [-0.3, -0.25) is 24.0 Å². The standard InChI is InChI=1S/C27H43N7O9/c1-14(35)21(33-23(38)17(29)12-16-8-4-3-5-9-16)26(41)32-19(13-20(30)37)24(39)34-22(15(2)36)25(40)31-18(27(42)43)10-6-7-11-28/h3-5,8-9,14-15,17-19,21-22,35-36H,6-7,10-13,28-29H2,1-2H3,(H2,30,37)(H,31,40)(H,32,41)(H,33,38)(H,34,39)(H,42,43)/t14-,15-,17+,18+,19+,21+,22+/m1/s1. The fraction of sp³-hybridized carbons (Fsp3) is 0.556. The first kappa shape index (κ1) is 36.9. The summed E-state index contributed by atoms with van der Waals surface area (Å²) in [7, 11) is 0. The van der Waals surface area contributed by atoms with E-state index in [0.717, 1.165) is 12.5 Å². The van der Waals surface area contributed by atoms with Crippen LogP contribution in [-0.4, -0.2) is 99.8 Å². The van der Waals surface area contributed by atoms with Crippen LogP contribution in [0, 0.1) is 0 Å². The van der Waals surface area contributed by atoms with E-state index < -0.39 is 84.3 Å². The maximum absolute atomic E-state index is 13.1. The van der Waals surface area contributed by atoms with Gasteiger partial charge in [0.2, 0.25) is 29.5 Å². The van der Waals surface area contributed by atoms with Gasteiger partial charge < -0.3 is 53.8 Å². The van der Waals surface area contributed by atoms with E-state index in [-0.39, 0.29) is 12.8 Å². The number of amides is 5. The van der Waals surface area contributed by atoms with E-state index in [1.165, 1.54) is 6.92 Å². The highest BCUT2D eigenvalue weighted by molar-refractivity contribution is 5.97. The number of nitrogens with two attached hydrogens (primary N) is 3. The number of nitrogens with one attached hydrogen (secondary N) is 4. The number of unbranched alkanes of at least 4 members (excludes halogenated alkanes) is 1. The zero-order valence-electron chi connectivity index (χ0n) is 24.2. The monoisotopic (exact) mass is 609 g/mol. The Morgan fingerprint density at radius 3 is 1.74 bits per heavy atom. The molecule has 0 radical (unpaired) electrons.